The van der Waals surface area contributed by atoms with E-state index < -0.39 is 13.9 Å². The van der Waals surface area contributed by atoms with Gasteiger partial charge in [0.2, 0.25) is 0 Å². The smallest absolute Gasteiger partial charge is 0.306 e. The van der Waals surface area contributed by atoms with E-state index in [-0.39, 0.29) is 59.8 Å². The van der Waals surface area contributed by atoms with Crippen LogP contribution in [0, 0.1) is 17.8 Å². The largest absolute Gasteiger partial charge is 0.462 e. The number of ether oxygens (including phenoxy) is 5. The fourth-order valence-electron chi connectivity index (χ4n) is 5.15. The summed E-state index contributed by atoms with van der Waals surface area (Å²) in [6.45, 7) is 23.9. The van der Waals surface area contributed by atoms with E-state index >= 15 is 0 Å². The highest BCUT2D eigenvalue weighted by atomic mass is 28.4. The zero-order chi connectivity index (χ0) is 32.1. The monoisotopic (exact) mass is 614 g/mol. The summed E-state index contributed by atoms with van der Waals surface area (Å²) in [6, 6.07) is 0. The Morgan fingerprint density at radius 2 is 1.71 bits per heavy atom. The van der Waals surface area contributed by atoms with Crippen molar-refractivity contribution in [2.24, 2.45) is 17.8 Å². The van der Waals surface area contributed by atoms with Gasteiger partial charge in [-0.15, -0.1) is 0 Å². The van der Waals surface area contributed by atoms with Crippen LogP contribution in [0.2, 0.25) is 18.1 Å². The zero-order valence-corrected chi connectivity index (χ0v) is 29.7. The maximum absolute atomic E-state index is 12.9. The molecule has 0 aromatic rings. The van der Waals surface area contributed by atoms with Crippen molar-refractivity contribution in [1.29, 1.82) is 0 Å². The summed E-state index contributed by atoms with van der Waals surface area (Å²) in [5.41, 5.74) is -0.532. The van der Waals surface area contributed by atoms with Crippen molar-refractivity contribution in [2.45, 2.75) is 143 Å². The average molecular weight is 615 g/mol. The summed E-state index contributed by atoms with van der Waals surface area (Å²) >= 11 is 0. The first-order valence-electron chi connectivity index (χ1n) is 15.8. The lowest BCUT2D eigenvalue weighted by Crippen LogP contribution is -2.50. The summed E-state index contributed by atoms with van der Waals surface area (Å²) in [5, 5.41) is 0.00556. The van der Waals surface area contributed by atoms with Crippen LogP contribution in [-0.2, 0) is 37.7 Å². The lowest BCUT2D eigenvalue weighted by Gasteiger charge is -2.45. The van der Waals surface area contributed by atoms with Gasteiger partial charge >= 0.3 is 11.9 Å². The van der Waals surface area contributed by atoms with Crippen molar-refractivity contribution in [3.63, 3.8) is 0 Å². The molecular formula is C33H62O8Si. The normalized spacial score (nSPS) is 20.7. The molecule has 0 amide bonds. The molecule has 1 aliphatic rings. The maximum Gasteiger partial charge on any atom is 0.306 e. The van der Waals surface area contributed by atoms with E-state index in [2.05, 4.69) is 59.9 Å². The molecule has 0 aromatic heterocycles. The van der Waals surface area contributed by atoms with Crippen LogP contribution >= 0.6 is 0 Å². The molecular weight excluding hydrogens is 552 g/mol. The van der Waals surface area contributed by atoms with Crippen LogP contribution in [0.25, 0.3) is 0 Å². The molecule has 1 aliphatic carbocycles. The number of hydrogen-bond donors (Lipinski definition) is 0. The molecule has 0 aromatic carbocycles. The minimum absolute atomic E-state index is 0.00556. The molecule has 0 N–H and O–H groups in total. The number of carbonyl (C=O) groups is 2. The SMILES string of the molecule is CC[C@@H](CCC[C@H](OC(C)=O)[C@@H](C)[C@H](O[Si](C)(C)C(C)(C)C)[C@@H]1CC=C[C@@H]1CC(=O)OC(C)(C)C)OCOCCOC. The Morgan fingerprint density at radius 3 is 2.26 bits per heavy atom. The second-order valence-corrected chi connectivity index (χ2v) is 19.0. The molecule has 0 bridgehead atoms. The molecule has 42 heavy (non-hydrogen) atoms. The van der Waals surface area contributed by atoms with E-state index in [1.807, 2.05) is 20.8 Å². The molecule has 246 valence electrons. The molecule has 6 atom stereocenters. The van der Waals surface area contributed by atoms with Crippen molar-refractivity contribution in [2.75, 3.05) is 27.1 Å². The highest BCUT2D eigenvalue weighted by molar-refractivity contribution is 6.74. The number of carbonyl (C=O) groups excluding carboxylic acids is 2. The third-order valence-corrected chi connectivity index (χ3v) is 13.0. The number of allylic oxidation sites excluding steroid dienone is 2. The number of esters is 2. The highest BCUT2D eigenvalue weighted by Crippen LogP contribution is 2.44. The summed E-state index contributed by atoms with van der Waals surface area (Å²) in [6.07, 6.45) is 8.28. The van der Waals surface area contributed by atoms with Gasteiger partial charge in [-0.3, -0.25) is 9.59 Å². The highest BCUT2D eigenvalue weighted by Gasteiger charge is 2.46. The van der Waals surface area contributed by atoms with Crippen LogP contribution in [0.1, 0.15) is 101 Å². The van der Waals surface area contributed by atoms with Crippen LogP contribution in [-0.4, -0.2) is 71.3 Å². The first-order chi connectivity index (χ1) is 19.4. The lowest BCUT2D eigenvalue weighted by atomic mass is 9.79. The first-order valence-corrected chi connectivity index (χ1v) is 18.7. The Balaban J connectivity index is 3.12. The molecule has 9 heteroatoms. The minimum Gasteiger partial charge on any atom is -0.462 e. The third kappa shape index (κ3) is 14.0. The van der Waals surface area contributed by atoms with E-state index in [0.717, 1.165) is 25.7 Å². The molecule has 0 unspecified atom stereocenters. The van der Waals surface area contributed by atoms with Gasteiger partial charge in [0.05, 0.1) is 31.8 Å². The Bertz CT molecular complexity index is 829. The van der Waals surface area contributed by atoms with Gasteiger partial charge in [0.15, 0.2) is 8.32 Å². The van der Waals surface area contributed by atoms with Gasteiger partial charge in [0, 0.05) is 20.0 Å². The Hall–Kier alpha value is -1.26. The van der Waals surface area contributed by atoms with Crippen LogP contribution < -0.4 is 0 Å². The van der Waals surface area contributed by atoms with Crippen molar-refractivity contribution >= 4 is 20.3 Å². The Kier molecular flexibility index (Phi) is 16.5. The fraction of sp³-hybridized carbons (Fsp3) is 0.879. The fourth-order valence-corrected chi connectivity index (χ4v) is 6.58. The zero-order valence-electron chi connectivity index (χ0n) is 28.7. The van der Waals surface area contributed by atoms with Crippen LogP contribution in [0.4, 0.5) is 0 Å². The Morgan fingerprint density at radius 1 is 1.05 bits per heavy atom. The van der Waals surface area contributed by atoms with Gasteiger partial charge < -0.3 is 28.1 Å². The third-order valence-electron chi connectivity index (χ3n) is 8.53. The van der Waals surface area contributed by atoms with Gasteiger partial charge in [0.25, 0.3) is 0 Å². The van der Waals surface area contributed by atoms with Crippen LogP contribution in [0.3, 0.4) is 0 Å². The van der Waals surface area contributed by atoms with E-state index in [0.29, 0.717) is 26.1 Å². The Labute approximate surface area is 257 Å². The predicted molar refractivity (Wildman–Crippen MR) is 170 cm³/mol. The van der Waals surface area contributed by atoms with Gasteiger partial charge in [0.1, 0.15) is 18.5 Å². The van der Waals surface area contributed by atoms with Crippen LogP contribution in [0.15, 0.2) is 12.2 Å². The van der Waals surface area contributed by atoms with E-state index in [4.69, 9.17) is 28.1 Å². The van der Waals surface area contributed by atoms with Crippen molar-refractivity contribution in [3.8, 4) is 0 Å². The quantitative estimate of drug-likeness (QED) is 0.0487. The summed E-state index contributed by atoms with van der Waals surface area (Å²) in [4.78, 5) is 25.1. The van der Waals surface area contributed by atoms with Gasteiger partial charge in [-0.25, -0.2) is 0 Å². The number of hydrogen-bond acceptors (Lipinski definition) is 8. The lowest BCUT2D eigenvalue weighted by molar-refractivity contribution is -0.156. The summed E-state index contributed by atoms with van der Waals surface area (Å²) < 4.78 is 35.2. The van der Waals surface area contributed by atoms with E-state index in [1.165, 1.54) is 6.92 Å². The maximum atomic E-state index is 12.9. The summed E-state index contributed by atoms with van der Waals surface area (Å²) in [7, 11) is -0.554. The second-order valence-electron chi connectivity index (χ2n) is 14.3. The van der Waals surface area contributed by atoms with Gasteiger partial charge in [-0.1, -0.05) is 46.8 Å². The standard InChI is InChI=1S/C33H62O8Si/c1-13-27(38-23-37-21-20-36-10)17-15-19-29(39-25(3)34)24(2)31(41-42(11,12)33(7,8)9)28-18-14-16-26(28)22-30(35)40-32(4,5)6/h14,16,24,26-29,31H,13,15,17-23H2,1-12H3/t24-,26-,27+,28-,29+,31+/m1/s1. The molecule has 0 radical (unpaired) electrons. The predicted octanol–water partition coefficient (Wildman–Crippen LogP) is 7.45. The average Bonchev–Trinajstić information content (AvgIpc) is 3.30. The molecule has 1 rings (SSSR count). The number of methoxy groups -OCH3 is 1. The minimum atomic E-state index is -2.20. The molecule has 0 saturated carbocycles. The van der Waals surface area contributed by atoms with Crippen molar-refractivity contribution in [1.82, 2.24) is 0 Å². The number of rotatable bonds is 19. The molecule has 8 nitrogen and oxygen atoms in total. The van der Waals surface area contributed by atoms with Crippen molar-refractivity contribution in [3.05, 3.63) is 12.2 Å². The van der Waals surface area contributed by atoms with Crippen LogP contribution in [0.5, 0.6) is 0 Å². The molecule has 0 heterocycles. The summed E-state index contributed by atoms with van der Waals surface area (Å²) in [5.74, 6) is -0.451. The molecule has 0 aliphatic heterocycles. The van der Waals surface area contributed by atoms with E-state index in [9.17, 15) is 9.59 Å². The van der Waals surface area contributed by atoms with Gasteiger partial charge in [-0.2, -0.15) is 0 Å². The van der Waals surface area contributed by atoms with Gasteiger partial charge in [-0.05, 0) is 82.8 Å². The first kappa shape index (κ1) is 38.8. The topological polar surface area (TPSA) is 89.5 Å². The molecule has 0 saturated heterocycles. The van der Waals surface area contributed by atoms with E-state index in [1.54, 1.807) is 7.11 Å². The molecule has 0 fully saturated rings. The second kappa shape index (κ2) is 17.9. The van der Waals surface area contributed by atoms with Crippen molar-refractivity contribution < 1.29 is 37.7 Å². The molecule has 0 spiro atoms.